The summed E-state index contributed by atoms with van der Waals surface area (Å²) in [5, 5.41) is 17.6. The zero-order chi connectivity index (χ0) is 13.4. The van der Waals surface area contributed by atoms with Gasteiger partial charge in [0, 0.05) is 13.1 Å². The second-order valence-corrected chi connectivity index (χ2v) is 3.66. The first-order valence-electron chi connectivity index (χ1n) is 5.86. The van der Waals surface area contributed by atoms with Crippen molar-refractivity contribution in [2.24, 2.45) is 0 Å². The topological polar surface area (TPSA) is 56.5 Å². The fourth-order valence-corrected chi connectivity index (χ4v) is 1.68. The fraction of sp³-hybridized carbons (Fsp3) is 0.462. The van der Waals surface area contributed by atoms with Gasteiger partial charge in [-0.3, -0.25) is 0 Å². The first kappa shape index (κ1) is 14.4. The van der Waals surface area contributed by atoms with Gasteiger partial charge < -0.3 is 14.7 Å². The Morgan fingerprint density at radius 2 is 2.22 bits per heavy atom. The third-order valence-corrected chi connectivity index (χ3v) is 2.57. The number of nitriles is 1. The van der Waals surface area contributed by atoms with Gasteiger partial charge in [-0.05, 0) is 19.1 Å². The van der Waals surface area contributed by atoms with Crippen LogP contribution in [0.15, 0.2) is 18.2 Å². The van der Waals surface area contributed by atoms with E-state index >= 15 is 0 Å². The number of anilines is 1. The van der Waals surface area contributed by atoms with Gasteiger partial charge in [0.2, 0.25) is 0 Å². The van der Waals surface area contributed by atoms with Gasteiger partial charge in [0.15, 0.2) is 0 Å². The van der Waals surface area contributed by atoms with E-state index in [0.717, 1.165) is 0 Å². The molecule has 0 saturated carbocycles. The van der Waals surface area contributed by atoms with Gasteiger partial charge in [-0.1, -0.05) is 6.07 Å². The summed E-state index contributed by atoms with van der Waals surface area (Å²) in [6.45, 7) is 3.82. The van der Waals surface area contributed by atoms with Gasteiger partial charge >= 0.3 is 0 Å². The Morgan fingerprint density at radius 3 is 2.83 bits per heavy atom. The predicted octanol–water partition coefficient (Wildman–Crippen LogP) is 1.53. The largest absolute Gasteiger partial charge is 0.394 e. The number of ether oxygens (including phenoxy) is 1. The van der Waals surface area contributed by atoms with Crippen LogP contribution >= 0.6 is 0 Å². The highest BCUT2D eigenvalue weighted by Crippen LogP contribution is 2.22. The number of hydrogen-bond donors (Lipinski definition) is 1. The smallest absolute Gasteiger partial charge is 0.143 e. The molecule has 18 heavy (non-hydrogen) atoms. The van der Waals surface area contributed by atoms with Crippen LogP contribution in [0.1, 0.15) is 12.5 Å². The standard InChI is InChI=1S/C13H17FN2O2/c1-2-16(6-8-18-9-7-17)13-5-3-4-12(14)11(13)10-15/h3-5,17H,2,6-9H2,1H3. The highest BCUT2D eigenvalue weighted by Gasteiger charge is 2.13. The molecule has 0 radical (unpaired) electrons. The lowest BCUT2D eigenvalue weighted by Gasteiger charge is -2.24. The summed E-state index contributed by atoms with van der Waals surface area (Å²) >= 11 is 0. The minimum atomic E-state index is -0.510. The molecule has 0 aliphatic carbocycles. The van der Waals surface area contributed by atoms with Gasteiger partial charge in [0.25, 0.3) is 0 Å². The Bertz CT molecular complexity index is 418. The molecule has 0 aromatic heterocycles. The third kappa shape index (κ3) is 3.69. The summed E-state index contributed by atoms with van der Waals surface area (Å²) in [5.74, 6) is -0.510. The second-order valence-electron chi connectivity index (χ2n) is 3.66. The average Bonchev–Trinajstić information content (AvgIpc) is 2.39. The van der Waals surface area contributed by atoms with Crippen LogP contribution in [-0.4, -0.2) is 38.0 Å². The summed E-state index contributed by atoms with van der Waals surface area (Å²) in [7, 11) is 0. The second kappa shape index (κ2) is 7.64. The lowest BCUT2D eigenvalue weighted by atomic mass is 10.1. The fourth-order valence-electron chi connectivity index (χ4n) is 1.68. The third-order valence-electron chi connectivity index (χ3n) is 2.57. The molecule has 0 bridgehead atoms. The lowest BCUT2D eigenvalue weighted by molar-refractivity contribution is 0.0967. The average molecular weight is 252 g/mol. The van der Waals surface area contributed by atoms with E-state index in [-0.39, 0.29) is 18.8 Å². The molecule has 1 aromatic rings. The van der Waals surface area contributed by atoms with Gasteiger partial charge in [-0.15, -0.1) is 0 Å². The molecule has 0 spiro atoms. The van der Waals surface area contributed by atoms with Crippen LogP contribution in [0.4, 0.5) is 10.1 Å². The number of hydrogen-bond acceptors (Lipinski definition) is 4. The summed E-state index contributed by atoms with van der Waals surface area (Å²) in [6, 6.07) is 6.46. The summed E-state index contributed by atoms with van der Waals surface area (Å²) in [4.78, 5) is 1.87. The quantitative estimate of drug-likeness (QED) is 0.748. The molecule has 1 rings (SSSR count). The molecule has 0 saturated heterocycles. The van der Waals surface area contributed by atoms with E-state index in [4.69, 9.17) is 15.1 Å². The van der Waals surface area contributed by atoms with E-state index in [9.17, 15) is 4.39 Å². The lowest BCUT2D eigenvalue weighted by Crippen LogP contribution is -2.28. The maximum atomic E-state index is 13.5. The number of benzene rings is 1. The highest BCUT2D eigenvalue weighted by molar-refractivity contribution is 5.59. The normalized spacial score (nSPS) is 10.1. The number of rotatable bonds is 7. The van der Waals surface area contributed by atoms with Crippen molar-refractivity contribution in [3.8, 4) is 6.07 Å². The molecule has 98 valence electrons. The number of likely N-dealkylation sites (N-methyl/N-ethyl adjacent to an activating group) is 1. The Labute approximate surface area is 106 Å². The number of nitrogens with zero attached hydrogens (tertiary/aromatic N) is 2. The number of aliphatic hydroxyl groups is 1. The molecule has 1 N–H and O–H groups in total. The molecule has 0 unspecified atom stereocenters. The minimum absolute atomic E-state index is 0.0183. The molecule has 0 atom stereocenters. The van der Waals surface area contributed by atoms with Crippen molar-refractivity contribution in [1.29, 1.82) is 5.26 Å². The molecule has 0 fully saturated rings. The molecule has 0 heterocycles. The van der Waals surface area contributed by atoms with E-state index in [1.54, 1.807) is 12.1 Å². The first-order valence-corrected chi connectivity index (χ1v) is 5.86. The van der Waals surface area contributed by atoms with Crippen molar-refractivity contribution < 1.29 is 14.2 Å². The number of halogens is 1. The monoisotopic (exact) mass is 252 g/mol. The molecule has 0 aliphatic rings. The summed E-state index contributed by atoms with van der Waals surface area (Å²) < 4.78 is 18.6. The first-order chi connectivity index (χ1) is 8.74. The Kier molecular flexibility index (Phi) is 6.12. The van der Waals surface area contributed by atoms with E-state index in [2.05, 4.69) is 0 Å². The Morgan fingerprint density at radius 1 is 1.44 bits per heavy atom. The van der Waals surface area contributed by atoms with Gasteiger partial charge in [0.05, 0.1) is 25.5 Å². The van der Waals surface area contributed by atoms with Crippen LogP contribution in [0.25, 0.3) is 0 Å². The molecule has 0 aliphatic heterocycles. The van der Waals surface area contributed by atoms with Crippen LogP contribution in [-0.2, 0) is 4.74 Å². The zero-order valence-electron chi connectivity index (χ0n) is 10.4. The zero-order valence-corrected chi connectivity index (χ0v) is 10.4. The Hall–Kier alpha value is -1.64. The summed E-state index contributed by atoms with van der Waals surface area (Å²) in [5.41, 5.74) is 0.633. The maximum absolute atomic E-state index is 13.5. The van der Waals surface area contributed by atoms with Crippen molar-refractivity contribution in [3.63, 3.8) is 0 Å². The van der Waals surface area contributed by atoms with Gasteiger partial charge in [0.1, 0.15) is 17.4 Å². The maximum Gasteiger partial charge on any atom is 0.143 e. The summed E-state index contributed by atoms with van der Waals surface area (Å²) in [6.07, 6.45) is 0. The predicted molar refractivity (Wildman–Crippen MR) is 66.9 cm³/mol. The van der Waals surface area contributed by atoms with Crippen LogP contribution in [0.3, 0.4) is 0 Å². The minimum Gasteiger partial charge on any atom is -0.394 e. The van der Waals surface area contributed by atoms with Crippen molar-refractivity contribution in [2.75, 3.05) is 37.8 Å². The molecule has 5 heteroatoms. The highest BCUT2D eigenvalue weighted by atomic mass is 19.1. The molecule has 4 nitrogen and oxygen atoms in total. The van der Waals surface area contributed by atoms with Crippen LogP contribution in [0.5, 0.6) is 0 Å². The van der Waals surface area contributed by atoms with E-state index in [1.807, 2.05) is 17.9 Å². The van der Waals surface area contributed by atoms with Crippen molar-refractivity contribution in [1.82, 2.24) is 0 Å². The van der Waals surface area contributed by atoms with E-state index in [1.165, 1.54) is 6.07 Å². The van der Waals surface area contributed by atoms with Gasteiger partial charge in [-0.2, -0.15) is 5.26 Å². The Balaban J connectivity index is 2.76. The van der Waals surface area contributed by atoms with Crippen molar-refractivity contribution >= 4 is 5.69 Å². The van der Waals surface area contributed by atoms with E-state index < -0.39 is 5.82 Å². The molecular formula is C13H17FN2O2. The molecule has 0 amide bonds. The molecule has 1 aromatic carbocycles. The van der Waals surface area contributed by atoms with Crippen LogP contribution in [0, 0.1) is 17.1 Å². The van der Waals surface area contributed by atoms with Gasteiger partial charge in [-0.25, -0.2) is 4.39 Å². The van der Waals surface area contributed by atoms with Crippen molar-refractivity contribution in [2.45, 2.75) is 6.92 Å². The molecular weight excluding hydrogens is 235 g/mol. The van der Waals surface area contributed by atoms with E-state index in [0.29, 0.717) is 25.4 Å². The van der Waals surface area contributed by atoms with Crippen LogP contribution in [0.2, 0.25) is 0 Å². The SMILES string of the molecule is CCN(CCOCCO)c1cccc(F)c1C#N. The van der Waals surface area contributed by atoms with Crippen molar-refractivity contribution in [3.05, 3.63) is 29.6 Å². The van der Waals surface area contributed by atoms with Crippen LogP contribution < -0.4 is 4.90 Å². The number of aliphatic hydroxyl groups excluding tert-OH is 1.